The van der Waals surface area contributed by atoms with Crippen molar-refractivity contribution in [1.29, 1.82) is 0 Å². The third-order valence-corrected chi connectivity index (χ3v) is 6.53. The third kappa shape index (κ3) is 7.91. The lowest BCUT2D eigenvalue weighted by atomic mass is 10.2. The van der Waals surface area contributed by atoms with Gasteiger partial charge in [-0.25, -0.2) is 8.42 Å². The van der Waals surface area contributed by atoms with Crippen molar-refractivity contribution in [2.24, 2.45) is 0 Å². The molecule has 9 heteroatoms. The minimum Gasteiger partial charge on any atom is -0.354 e. The first-order chi connectivity index (χ1) is 13.3. The monoisotopic (exact) mass is 460 g/mol. The van der Waals surface area contributed by atoms with E-state index in [1.54, 1.807) is 36.0 Å². The van der Waals surface area contributed by atoms with Crippen molar-refractivity contribution >= 4 is 56.6 Å². The predicted molar refractivity (Wildman–Crippen MR) is 119 cm³/mol. The molecular formula is C19H22Cl2N2O3S2. The Morgan fingerprint density at radius 3 is 2.18 bits per heavy atom. The van der Waals surface area contributed by atoms with Crippen molar-refractivity contribution in [3.8, 4) is 0 Å². The fourth-order valence-corrected chi connectivity index (χ4v) is 4.40. The molecule has 0 saturated carbocycles. The van der Waals surface area contributed by atoms with Gasteiger partial charge in [-0.2, -0.15) is 11.8 Å². The second-order valence-electron chi connectivity index (χ2n) is 6.13. The topological polar surface area (TPSA) is 66.5 Å². The molecule has 0 aliphatic carbocycles. The van der Waals surface area contributed by atoms with Gasteiger partial charge in [0.25, 0.3) is 0 Å². The molecule has 5 nitrogen and oxygen atoms in total. The SMILES string of the molecule is CS(=O)(=O)N(CC(=O)NCCCSCc1ccc(Cl)cc1)c1ccc(Cl)cc1. The molecular weight excluding hydrogens is 439 g/mol. The number of hydrogen-bond acceptors (Lipinski definition) is 4. The Morgan fingerprint density at radius 2 is 1.61 bits per heavy atom. The molecule has 0 fully saturated rings. The summed E-state index contributed by atoms with van der Waals surface area (Å²) in [6, 6.07) is 14.0. The highest BCUT2D eigenvalue weighted by Gasteiger charge is 2.20. The fraction of sp³-hybridized carbons (Fsp3) is 0.316. The van der Waals surface area contributed by atoms with Crippen LogP contribution in [-0.2, 0) is 20.6 Å². The molecule has 0 heterocycles. The lowest BCUT2D eigenvalue weighted by Crippen LogP contribution is -2.40. The fourth-order valence-electron chi connectivity index (χ4n) is 2.37. The summed E-state index contributed by atoms with van der Waals surface area (Å²) < 4.78 is 25.1. The maximum absolute atomic E-state index is 12.2. The number of halogens is 2. The highest BCUT2D eigenvalue weighted by atomic mass is 35.5. The van der Waals surface area contributed by atoms with E-state index in [2.05, 4.69) is 5.32 Å². The number of carbonyl (C=O) groups excluding carboxylic acids is 1. The van der Waals surface area contributed by atoms with Crippen molar-refractivity contribution < 1.29 is 13.2 Å². The van der Waals surface area contributed by atoms with E-state index in [-0.39, 0.29) is 12.5 Å². The van der Waals surface area contributed by atoms with Gasteiger partial charge in [-0.1, -0.05) is 35.3 Å². The molecule has 0 aromatic heterocycles. The number of anilines is 1. The zero-order chi connectivity index (χ0) is 20.6. The van der Waals surface area contributed by atoms with Crippen LogP contribution < -0.4 is 9.62 Å². The zero-order valence-electron chi connectivity index (χ0n) is 15.4. The van der Waals surface area contributed by atoms with Crippen LogP contribution in [0.25, 0.3) is 0 Å². The quantitative estimate of drug-likeness (QED) is 0.539. The molecule has 1 N–H and O–H groups in total. The Kier molecular flexibility index (Phi) is 8.95. The van der Waals surface area contributed by atoms with E-state index >= 15 is 0 Å². The van der Waals surface area contributed by atoms with Crippen molar-refractivity contribution in [1.82, 2.24) is 5.32 Å². The molecule has 2 aromatic rings. The van der Waals surface area contributed by atoms with Crippen LogP contribution in [0.2, 0.25) is 10.0 Å². The predicted octanol–water partition coefficient (Wildman–Crippen LogP) is 4.20. The Bertz CT molecular complexity index is 873. The Balaban J connectivity index is 1.74. The van der Waals surface area contributed by atoms with E-state index < -0.39 is 10.0 Å². The van der Waals surface area contributed by atoms with Gasteiger partial charge in [0, 0.05) is 22.3 Å². The second-order valence-corrected chi connectivity index (χ2v) is 10.0. The molecule has 152 valence electrons. The summed E-state index contributed by atoms with van der Waals surface area (Å²) in [6.07, 6.45) is 1.87. The van der Waals surface area contributed by atoms with Crippen LogP contribution in [0.5, 0.6) is 0 Å². The molecule has 0 atom stereocenters. The van der Waals surface area contributed by atoms with Crippen LogP contribution in [0.4, 0.5) is 5.69 Å². The molecule has 0 aliphatic heterocycles. The average molecular weight is 461 g/mol. The Hall–Kier alpha value is -1.41. The normalized spacial score (nSPS) is 11.2. The van der Waals surface area contributed by atoms with E-state index in [9.17, 15) is 13.2 Å². The van der Waals surface area contributed by atoms with Crippen molar-refractivity contribution in [2.75, 3.05) is 29.4 Å². The summed E-state index contributed by atoms with van der Waals surface area (Å²) in [6.45, 7) is 0.225. The molecule has 2 rings (SSSR count). The summed E-state index contributed by atoms with van der Waals surface area (Å²) in [5.74, 6) is 1.42. The zero-order valence-corrected chi connectivity index (χ0v) is 18.5. The standard InChI is InChI=1S/C19H22Cl2N2O3S2/c1-28(25,26)23(18-9-7-17(21)8-10-18)13-19(24)22-11-2-12-27-14-15-3-5-16(20)6-4-15/h3-10H,2,11-14H2,1H3,(H,22,24). The highest BCUT2D eigenvalue weighted by Crippen LogP contribution is 2.20. The first-order valence-corrected chi connectivity index (χ1v) is 12.3. The molecule has 0 aliphatic rings. The van der Waals surface area contributed by atoms with Gasteiger partial charge < -0.3 is 5.32 Å². The van der Waals surface area contributed by atoms with Gasteiger partial charge in [0.15, 0.2) is 0 Å². The molecule has 0 unspecified atom stereocenters. The number of amides is 1. The number of rotatable bonds is 10. The maximum atomic E-state index is 12.2. The number of sulfonamides is 1. The average Bonchev–Trinajstić information content (AvgIpc) is 2.64. The molecule has 0 spiro atoms. The summed E-state index contributed by atoms with van der Waals surface area (Å²) in [5.41, 5.74) is 1.60. The van der Waals surface area contributed by atoms with Gasteiger partial charge in [0.2, 0.25) is 15.9 Å². The van der Waals surface area contributed by atoms with Crippen LogP contribution >= 0.6 is 35.0 Å². The Morgan fingerprint density at radius 1 is 1.04 bits per heavy atom. The van der Waals surface area contributed by atoms with Crippen LogP contribution in [0.1, 0.15) is 12.0 Å². The summed E-state index contributed by atoms with van der Waals surface area (Å²) in [7, 11) is -3.58. The number of benzene rings is 2. The van der Waals surface area contributed by atoms with Gasteiger partial charge in [0.1, 0.15) is 6.54 Å². The molecule has 28 heavy (non-hydrogen) atoms. The van der Waals surface area contributed by atoms with Crippen LogP contribution in [0.3, 0.4) is 0 Å². The minimum atomic E-state index is -3.58. The first kappa shape index (κ1) is 22.9. The molecule has 0 bridgehead atoms. The van der Waals surface area contributed by atoms with Crippen LogP contribution in [0.15, 0.2) is 48.5 Å². The van der Waals surface area contributed by atoms with Crippen LogP contribution in [0, 0.1) is 0 Å². The third-order valence-electron chi connectivity index (χ3n) is 3.77. The minimum absolute atomic E-state index is 0.265. The van der Waals surface area contributed by atoms with E-state index in [4.69, 9.17) is 23.2 Å². The lowest BCUT2D eigenvalue weighted by Gasteiger charge is -2.21. The largest absolute Gasteiger partial charge is 0.354 e. The van der Waals surface area contributed by atoms with Gasteiger partial charge in [-0.05, 0) is 54.1 Å². The summed E-state index contributed by atoms with van der Waals surface area (Å²) in [5, 5.41) is 3.99. The molecule has 2 aromatic carbocycles. The smallest absolute Gasteiger partial charge is 0.240 e. The van der Waals surface area contributed by atoms with Crippen molar-refractivity contribution in [3.63, 3.8) is 0 Å². The Labute approximate surface area is 180 Å². The first-order valence-electron chi connectivity index (χ1n) is 8.58. The molecule has 0 radical (unpaired) electrons. The number of thioether (sulfide) groups is 1. The lowest BCUT2D eigenvalue weighted by molar-refractivity contribution is -0.119. The van der Waals surface area contributed by atoms with Gasteiger partial charge >= 0.3 is 0 Å². The number of hydrogen-bond donors (Lipinski definition) is 1. The van der Waals surface area contributed by atoms with Gasteiger partial charge in [0.05, 0.1) is 11.9 Å². The van der Waals surface area contributed by atoms with Gasteiger partial charge in [-0.15, -0.1) is 0 Å². The highest BCUT2D eigenvalue weighted by molar-refractivity contribution is 7.98. The van der Waals surface area contributed by atoms with E-state index in [0.29, 0.717) is 17.3 Å². The maximum Gasteiger partial charge on any atom is 0.240 e. The van der Waals surface area contributed by atoms with Gasteiger partial charge in [-0.3, -0.25) is 9.10 Å². The molecule has 0 saturated heterocycles. The van der Waals surface area contributed by atoms with Crippen molar-refractivity contribution in [2.45, 2.75) is 12.2 Å². The number of nitrogens with one attached hydrogen (secondary N) is 1. The second kappa shape index (κ2) is 11.0. The number of nitrogens with zero attached hydrogens (tertiary/aromatic N) is 1. The summed E-state index contributed by atoms with van der Waals surface area (Å²) >= 11 is 13.5. The van der Waals surface area contributed by atoms with Crippen molar-refractivity contribution in [3.05, 3.63) is 64.1 Å². The van der Waals surface area contributed by atoms with Crippen LogP contribution in [-0.4, -0.2) is 39.4 Å². The van der Waals surface area contributed by atoms with E-state index in [0.717, 1.165) is 33.5 Å². The van der Waals surface area contributed by atoms with E-state index in [1.807, 2.05) is 24.3 Å². The molecule has 1 amide bonds. The van der Waals surface area contributed by atoms with E-state index in [1.165, 1.54) is 5.56 Å². The number of carbonyl (C=O) groups is 1. The summed E-state index contributed by atoms with van der Waals surface area (Å²) in [4.78, 5) is 12.2.